The molecule has 0 aliphatic heterocycles. The third-order valence-electron chi connectivity index (χ3n) is 7.38. The van der Waals surface area contributed by atoms with Crippen LogP contribution >= 0.6 is 0 Å². The van der Waals surface area contributed by atoms with Gasteiger partial charge in [0.2, 0.25) is 11.8 Å². The molecular weight excluding hydrogens is 450 g/mol. The zero-order chi connectivity index (χ0) is 24.6. The summed E-state index contributed by atoms with van der Waals surface area (Å²) >= 11 is 0. The molecule has 3 atom stereocenters. The number of rotatable bonds is 8. The van der Waals surface area contributed by atoms with E-state index in [0.717, 1.165) is 28.7 Å². The second-order valence-electron chi connectivity index (χ2n) is 9.52. The van der Waals surface area contributed by atoms with Gasteiger partial charge in [-0.3, -0.25) is 14.4 Å². The summed E-state index contributed by atoms with van der Waals surface area (Å²) < 4.78 is 5.62. The minimum absolute atomic E-state index is 0.0190. The number of carboxylic acid groups (broad SMARTS) is 1. The fraction of sp³-hybridized carbons (Fsp3) is 0.385. The van der Waals surface area contributed by atoms with Crippen molar-refractivity contribution in [3.63, 3.8) is 0 Å². The minimum atomic E-state index is -1.15. The van der Waals surface area contributed by atoms with Crippen molar-refractivity contribution in [3.05, 3.63) is 59.7 Å². The van der Waals surface area contributed by atoms with Crippen LogP contribution in [0.3, 0.4) is 0 Å². The van der Waals surface area contributed by atoms with Crippen LogP contribution in [0, 0.1) is 11.3 Å². The van der Waals surface area contributed by atoms with Crippen LogP contribution in [-0.4, -0.2) is 54.7 Å². The largest absolute Gasteiger partial charge is 0.480 e. The van der Waals surface area contributed by atoms with Gasteiger partial charge >= 0.3 is 12.1 Å². The van der Waals surface area contributed by atoms with Crippen molar-refractivity contribution in [2.24, 2.45) is 11.3 Å². The van der Waals surface area contributed by atoms with Gasteiger partial charge in [-0.05, 0) is 47.4 Å². The number of amides is 3. The highest BCUT2D eigenvalue weighted by Crippen LogP contribution is 2.63. The molecule has 0 bridgehead atoms. The third kappa shape index (κ3) is 4.45. The molecule has 0 spiro atoms. The maximum absolute atomic E-state index is 12.7. The number of nitrogens with one attached hydrogen (secondary N) is 3. The molecule has 2 fully saturated rings. The standard InChI is InChI=1S/C26H27N3O6/c30-22(27-13-23(31)32)12-28-24(33)26-10-15(26)9-16(11-26)29-25(34)35-14-21-19-7-3-1-5-17(19)18-6-2-4-8-20(18)21/h1-8,15-16,21H,9-14H2,(H,27,30)(H,28,33)(H,29,34)(H,31,32). The topological polar surface area (TPSA) is 134 Å². The Morgan fingerprint density at radius 3 is 2.23 bits per heavy atom. The maximum Gasteiger partial charge on any atom is 0.407 e. The first-order valence-corrected chi connectivity index (χ1v) is 11.8. The third-order valence-corrected chi connectivity index (χ3v) is 7.38. The zero-order valence-corrected chi connectivity index (χ0v) is 19.1. The predicted octanol–water partition coefficient (Wildman–Crippen LogP) is 2.01. The molecular formula is C26H27N3O6. The molecule has 3 aliphatic rings. The molecule has 9 nitrogen and oxygen atoms in total. The van der Waals surface area contributed by atoms with Crippen LogP contribution in [0.2, 0.25) is 0 Å². The van der Waals surface area contributed by atoms with E-state index in [9.17, 15) is 19.2 Å². The maximum atomic E-state index is 12.7. The van der Waals surface area contributed by atoms with Gasteiger partial charge in [0, 0.05) is 12.0 Å². The second kappa shape index (κ2) is 9.05. The number of fused-ring (bicyclic) bond motifs is 4. The van der Waals surface area contributed by atoms with Gasteiger partial charge in [0.25, 0.3) is 0 Å². The number of hydrogen-bond acceptors (Lipinski definition) is 5. The van der Waals surface area contributed by atoms with E-state index in [2.05, 4.69) is 40.2 Å². The molecule has 2 saturated carbocycles. The minimum Gasteiger partial charge on any atom is -0.480 e. The van der Waals surface area contributed by atoms with Crippen molar-refractivity contribution >= 4 is 23.9 Å². The summed E-state index contributed by atoms with van der Waals surface area (Å²) in [4.78, 5) is 47.4. The highest BCUT2D eigenvalue weighted by atomic mass is 16.5. The first-order chi connectivity index (χ1) is 16.9. The van der Waals surface area contributed by atoms with E-state index in [1.165, 1.54) is 0 Å². The fourth-order valence-corrected chi connectivity index (χ4v) is 5.67. The van der Waals surface area contributed by atoms with Crippen LogP contribution in [0.25, 0.3) is 11.1 Å². The van der Waals surface area contributed by atoms with E-state index in [1.807, 2.05) is 24.3 Å². The first-order valence-electron chi connectivity index (χ1n) is 11.8. The first kappa shape index (κ1) is 22.9. The lowest BCUT2D eigenvalue weighted by Gasteiger charge is -2.19. The van der Waals surface area contributed by atoms with Crippen LogP contribution in [0.5, 0.6) is 0 Å². The molecule has 2 aromatic carbocycles. The SMILES string of the molecule is O=C(O)CNC(=O)CNC(=O)C12CC(NC(=O)OCC3c4ccccc4-c4ccccc43)CC1C2. The van der Waals surface area contributed by atoms with Crippen molar-refractivity contribution < 1.29 is 29.0 Å². The number of carbonyl (C=O) groups is 4. The van der Waals surface area contributed by atoms with Gasteiger partial charge in [-0.1, -0.05) is 48.5 Å². The average Bonchev–Trinajstić information content (AvgIpc) is 3.27. The quantitative estimate of drug-likeness (QED) is 0.460. The molecule has 0 radical (unpaired) electrons. The number of ether oxygens (including phenoxy) is 1. The van der Waals surface area contributed by atoms with Crippen LogP contribution < -0.4 is 16.0 Å². The van der Waals surface area contributed by atoms with Crippen LogP contribution in [-0.2, 0) is 19.1 Å². The Kier molecular flexibility index (Phi) is 5.92. The zero-order valence-electron chi connectivity index (χ0n) is 19.1. The lowest BCUT2D eigenvalue weighted by atomic mass is 9.98. The molecule has 2 aromatic rings. The summed E-state index contributed by atoms with van der Waals surface area (Å²) in [6, 6.07) is 16.1. The highest BCUT2D eigenvalue weighted by molar-refractivity contribution is 5.91. The second-order valence-corrected chi connectivity index (χ2v) is 9.52. The number of alkyl carbamates (subject to hydrolysis) is 1. The van der Waals surface area contributed by atoms with Crippen molar-refractivity contribution in [1.82, 2.24) is 16.0 Å². The molecule has 0 saturated heterocycles. The molecule has 5 rings (SSSR count). The predicted molar refractivity (Wildman–Crippen MR) is 125 cm³/mol. The molecule has 0 heterocycles. The molecule has 3 unspecified atom stereocenters. The summed E-state index contributed by atoms with van der Waals surface area (Å²) in [5, 5.41) is 16.3. The van der Waals surface area contributed by atoms with Crippen LogP contribution in [0.1, 0.15) is 36.3 Å². The van der Waals surface area contributed by atoms with E-state index in [-0.39, 0.29) is 36.9 Å². The van der Waals surface area contributed by atoms with Crippen LogP contribution in [0.15, 0.2) is 48.5 Å². The monoisotopic (exact) mass is 477 g/mol. The normalized spacial score (nSPS) is 23.4. The van der Waals surface area contributed by atoms with Crippen molar-refractivity contribution in [2.45, 2.75) is 31.2 Å². The Hall–Kier alpha value is -3.88. The molecule has 0 aromatic heterocycles. The fourth-order valence-electron chi connectivity index (χ4n) is 5.67. The van der Waals surface area contributed by atoms with Gasteiger partial charge < -0.3 is 25.8 Å². The molecule has 9 heteroatoms. The molecule has 3 aliphatic carbocycles. The number of aliphatic carboxylic acids is 1. The van der Waals surface area contributed by atoms with Gasteiger partial charge in [0.05, 0.1) is 12.0 Å². The van der Waals surface area contributed by atoms with Crippen molar-refractivity contribution in [2.75, 3.05) is 19.7 Å². The van der Waals surface area contributed by atoms with Gasteiger partial charge in [-0.25, -0.2) is 4.79 Å². The molecule has 35 heavy (non-hydrogen) atoms. The van der Waals surface area contributed by atoms with Gasteiger partial charge in [-0.2, -0.15) is 0 Å². The summed E-state index contributed by atoms with van der Waals surface area (Å²) in [6.07, 6.45) is 1.40. The van der Waals surface area contributed by atoms with E-state index in [4.69, 9.17) is 9.84 Å². The Morgan fingerprint density at radius 1 is 0.914 bits per heavy atom. The van der Waals surface area contributed by atoms with Crippen molar-refractivity contribution in [3.8, 4) is 11.1 Å². The number of carbonyl (C=O) groups excluding carboxylic acids is 3. The molecule has 4 N–H and O–H groups in total. The van der Waals surface area contributed by atoms with E-state index < -0.39 is 29.9 Å². The van der Waals surface area contributed by atoms with Crippen LogP contribution in [0.4, 0.5) is 4.79 Å². The van der Waals surface area contributed by atoms with Gasteiger partial charge in [0.1, 0.15) is 13.2 Å². The van der Waals surface area contributed by atoms with Gasteiger partial charge in [-0.15, -0.1) is 0 Å². The Labute approximate surface area is 202 Å². The summed E-state index contributed by atoms with van der Waals surface area (Å²) in [6.45, 7) is -0.535. The lowest BCUT2D eigenvalue weighted by molar-refractivity contribution is -0.137. The lowest BCUT2D eigenvalue weighted by Crippen LogP contribution is -2.42. The van der Waals surface area contributed by atoms with Gasteiger partial charge in [0.15, 0.2) is 0 Å². The van der Waals surface area contributed by atoms with E-state index in [0.29, 0.717) is 12.8 Å². The summed E-state index contributed by atoms with van der Waals surface area (Å²) in [7, 11) is 0. The smallest absolute Gasteiger partial charge is 0.407 e. The van der Waals surface area contributed by atoms with E-state index in [1.54, 1.807) is 0 Å². The van der Waals surface area contributed by atoms with E-state index >= 15 is 0 Å². The number of benzene rings is 2. The van der Waals surface area contributed by atoms with Crippen molar-refractivity contribution in [1.29, 1.82) is 0 Å². The Morgan fingerprint density at radius 2 is 1.57 bits per heavy atom. The highest BCUT2D eigenvalue weighted by Gasteiger charge is 2.65. The number of hydrogen-bond donors (Lipinski definition) is 4. The summed E-state index contributed by atoms with van der Waals surface area (Å²) in [5.74, 6) is -1.80. The Bertz CT molecular complexity index is 1150. The molecule has 182 valence electrons. The molecule has 3 amide bonds. The number of carboxylic acids is 1. The average molecular weight is 478 g/mol. The summed E-state index contributed by atoms with van der Waals surface area (Å²) in [5.41, 5.74) is 4.04. The Balaban J connectivity index is 1.11.